The highest BCUT2D eigenvalue weighted by molar-refractivity contribution is 6.11. The lowest BCUT2D eigenvalue weighted by Crippen LogP contribution is -1.93. The van der Waals surface area contributed by atoms with Gasteiger partial charge in [-0.05, 0) is 89.0 Å². The molecule has 4 aromatic heterocycles. The third-order valence-electron chi connectivity index (χ3n) is 8.70. The molecule has 44 heavy (non-hydrogen) atoms. The van der Waals surface area contributed by atoms with E-state index < -0.39 is 0 Å². The van der Waals surface area contributed by atoms with Crippen molar-refractivity contribution in [3.8, 4) is 33.6 Å². The second-order valence-electron chi connectivity index (χ2n) is 11.2. The Balaban J connectivity index is 1.18. The third kappa shape index (κ3) is 3.78. The highest BCUT2D eigenvalue weighted by Gasteiger charge is 2.15. The highest BCUT2D eigenvalue weighted by atomic mass is 15.0. The molecule has 5 aromatic carbocycles. The number of fused-ring (bicyclic) bond motifs is 6. The van der Waals surface area contributed by atoms with Crippen molar-refractivity contribution in [3.63, 3.8) is 0 Å². The van der Waals surface area contributed by atoms with Gasteiger partial charge in [-0.15, -0.1) is 0 Å². The monoisotopic (exact) mass is 562 g/mol. The van der Waals surface area contributed by atoms with Crippen LogP contribution in [0.2, 0.25) is 0 Å². The van der Waals surface area contributed by atoms with Gasteiger partial charge in [0.2, 0.25) is 0 Å². The van der Waals surface area contributed by atoms with E-state index in [0.29, 0.717) is 0 Å². The van der Waals surface area contributed by atoms with E-state index in [0.717, 1.165) is 22.4 Å². The van der Waals surface area contributed by atoms with Gasteiger partial charge in [0.1, 0.15) is 0 Å². The zero-order chi connectivity index (χ0) is 29.0. The molecule has 0 saturated heterocycles. The van der Waals surface area contributed by atoms with Crippen molar-refractivity contribution >= 4 is 43.6 Å². The van der Waals surface area contributed by atoms with Crippen LogP contribution in [0.15, 0.2) is 158 Å². The second kappa shape index (κ2) is 9.79. The predicted octanol–water partition coefficient (Wildman–Crippen LogP) is 10.0. The van der Waals surface area contributed by atoms with Crippen LogP contribution in [0, 0.1) is 0 Å². The van der Waals surface area contributed by atoms with Crippen molar-refractivity contribution in [2.75, 3.05) is 0 Å². The molecule has 9 rings (SSSR count). The Labute approximate surface area is 254 Å². The Morgan fingerprint density at radius 3 is 1.27 bits per heavy atom. The molecule has 0 N–H and O–H groups in total. The van der Waals surface area contributed by atoms with Crippen LogP contribution in [-0.2, 0) is 0 Å². The van der Waals surface area contributed by atoms with Crippen LogP contribution in [-0.4, -0.2) is 19.1 Å². The molecule has 0 aliphatic rings. The number of aromatic nitrogens is 4. The van der Waals surface area contributed by atoms with Crippen molar-refractivity contribution in [2.45, 2.75) is 0 Å². The van der Waals surface area contributed by atoms with Gasteiger partial charge in [-0.2, -0.15) is 0 Å². The minimum atomic E-state index is 1.11. The van der Waals surface area contributed by atoms with E-state index in [1.807, 2.05) is 24.8 Å². The summed E-state index contributed by atoms with van der Waals surface area (Å²) >= 11 is 0. The summed E-state index contributed by atoms with van der Waals surface area (Å²) in [4.78, 5) is 8.91. The molecule has 0 aliphatic heterocycles. The van der Waals surface area contributed by atoms with Gasteiger partial charge < -0.3 is 9.13 Å². The molecule has 0 bridgehead atoms. The Morgan fingerprint density at radius 2 is 0.795 bits per heavy atom. The van der Waals surface area contributed by atoms with Gasteiger partial charge in [-0.3, -0.25) is 9.97 Å². The highest BCUT2D eigenvalue weighted by Crippen LogP contribution is 2.37. The Morgan fingerprint density at radius 1 is 0.341 bits per heavy atom. The van der Waals surface area contributed by atoms with Crippen LogP contribution in [0.25, 0.3) is 77.2 Å². The average molecular weight is 563 g/mol. The first-order valence-electron chi connectivity index (χ1n) is 14.8. The number of benzene rings is 5. The fraction of sp³-hybridized carbons (Fsp3) is 0. The van der Waals surface area contributed by atoms with Crippen LogP contribution in [0.4, 0.5) is 0 Å². The lowest BCUT2D eigenvalue weighted by atomic mass is 9.97. The predicted molar refractivity (Wildman–Crippen MR) is 182 cm³/mol. The zero-order valence-corrected chi connectivity index (χ0v) is 23.8. The Hall–Kier alpha value is -6.00. The summed E-state index contributed by atoms with van der Waals surface area (Å²) < 4.78 is 4.60. The van der Waals surface area contributed by atoms with Gasteiger partial charge in [0.05, 0.1) is 34.5 Å². The normalized spacial score (nSPS) is 11.6. The zero-order valence-electron chi connectivity index (χ0n) is 23.8. The van der Waals surface area contributed by atoms with E-state index in [1.165, 1.54) is 54.8 Å². The molecule has 4 heteroatoms. The van der Waals surface area contributed by atoms with Crippen molar-refractivity contribution in [2.24, 2.45) is 0 Å². The number of hydrogen-bond acceptors (Lipinski definition) is 2. The maximum atomic E-state index is 4.45. The van der Waals surface area contributed by atoms with Crippen molar-refractivity contribution in [1.29, 1.82) is 0 Å². The Bertz CT molecular complexity index is 2320. The number of rotatable bonds is 4. The summed E-state index contributed by atoms with van der Waals surface area (Å²) in [6, 6.07) is 47.7. The number of pyridine rings is 2. The van der Waals surface area contributed by atoms with E-state index >= 15 is 0 Å². The Kier molecular flexibility index (Phi) is 5.47. The first kappa shape index (κ1) is 24.6. The molecule has 9 aromatic rings. The third-order valence-corrected chi connectivity index (χ3v) is 8.70. The molecule has 206 valence electrons. The molecular weight excluding hydrogens is 536 g/mol. The summed E-state index contributed by atoms with van der Waals surface area (Å²) in [6.45, 7) is 0. The molecule has 4 heterocycles. The molecule has 0 saturated carbocycles. The minimum absolute atomic E-state index is 1.11. The van der Waals surface area contributed by atoms with Gasteiger partial charge in [0.25, 0.3) is 0 Å². The van der Waals surface area contributed by atoms with Gasteiger partial charge in [-0.1, -0.05) is 66.7 Å². The maximum Gasteiger partial charge on any atom is 0.0724 e. The fourth-order valence-corrected chi connectivity index (χ4v) is 6.69. The van der Waals surface area contributed by atoms with E-state index in [1.54, 1.807) is 0 Å². The van der Waals surface area contributed by atoms with Crippen LogP contribution >= 0.6 is 0 Å². The van der Waals surface area contributed by atoms with E-state index in [2.05, 4.69) is 153 Å². The SMILES string of the molecule is c1ccc(-n2c3ccc(-c4cccc(-c5ccc6c(c5)c5ccncc5n6-c5ccccc5)c4)cc3c3ccncc32)cc1. The molecule has 0 unspecified atom stereocenters. The first-order chi connectivity index (χ1) is 21.8. The smallest absolute Gasteiger partial charge is 0.0724 e. The lowest BCUT2D eigenvalue weighted by Gasteiger charge is -2.10. The van der Waals surface area contributed by atoms with Crippen LogP contribution in [0.5, 0.6) is 0 Å². The van der Waals surface area contributed by atoms with Gasteiger partial charge in [-0.25, -0.2) is 0 Å². The van der Waals surface area contributed by atoms with Gasteiger partial charge in [0.15, 0.2) is 0 Å². The number of para-hydroxylation sites is 2. The van der Waals surface area contributed by atoms with Gasteiger partial charge >= 0.3 is 0 Å². The molecular formula is C40H26N4. The molecule has 4 nitrogen and oxygen atoms in total. The first-order valence-corrected chi connectivity index (χ1v) is 14.8. The van der Waals surface area contributed by atoms with Crippen molar-refractivity contribution in [3.05, 3.63) is 158 Å². The van der Waals surface area contributed by atoms with Gasteiger partial charge in [0, 0.05) is 45.3 Å². The summed E-state index contributed by atoms with van der Waals surface area (Å²) in [5.41, 5.74) is 11.6. The molecule has 0 amide bonds. The van der Waals surface area contributed by atoms with E-state index in [4.69, 9.17) is 0 Å². The number of nitrogens with zero attached hydrogens (tertiary/aromatic N) is 4. The fourth-order valence-electron chi connectivity index (χ4n) is 6.69. The standard InChI is InChI=1S/C40H26N4/c1-3-10-31(11-4-1)43-37-16-14-29(23-35(37)33-18-20-41-25-39(33)43)27-8-7-9-28(22-27)30-15-17-38-36(24-30)34-19-21-42-26-40(34)44(38)32-12-5-2-6-13-32/h1-26H. The second-order valence-corrected chi connectivity index (χ2v) is 11.2. The average Bonchev–Trinajstić information content (AvgIpc) is 3.61. The molecule has 0 atom stereocenters. The van der Waals surface area contributed by atoms with Crippen molar-refractivity contribution in [1.82, 2.24) is 19.1 Å². The maximum absolute atomic E-state index is 4.45. The van der Waals surface area contributed by atoms with E-state index in [9.17, 15) is 0 Å². The van der Waals surface area contributed by atoms with E-state index in [-0.39, 0.29) is 0 Å². The topological polar surface area (TPSA) is 35.6 Å². The van der Waals surface area contributed by atoms with Crippen LogP contribution < -0.4 is 0 Å². The summed E-state index contributed by atoms with van der Waals surface area (Å²) in [7, 11) is 0. The summed E-state index contributed by atoms with van der Waals surface area (Å²) in [6.07, 6.45) is 7.68. The molecule has 0 radical (unpaired) electrons. The largest absolute Gasteiger partial charge is 0.308 e. The summed E-state index contributed by atoms with van der Waals surface area (Å²) in [5.74, 6) is 0. The number of hydrogen-bond donors (Lipinski definition) is 0. The quantitative estimate of drug-likeness (QED) is 0.214. The lowest BCUT2D eigenvalue weighted by molar-refractivity contribution is 1.17. The summed E-state index contributed by atoms with van der Waals surface area (Å²) in [5, 5.41) is 4.84. The minimum Gasteiger partial charge on any atom is -0.308 e. The molecule has 0 spiro atoms. The van der Waals surface area contributed by atoms with Crippen molar-refractivity contribution < 1.29 is 0 Å². The molecule has 0 aliphatic carbocycles. The molecule has 0 fully saturated rings. The van der Waals surface area contributed by atoms with Crippen LogP contribution in [0.3, 0.4) is 0 Å². The van der Waals surface area contributed by atoms with Crippen LogP contribution in [0.1, 0.15) is 0 Å².